The molecule has 0 unspecified atom stereocenters. The van der Waals surface area contributed by atoms with E-state index in [0.29, 0.717) is 6.54 Å². The molecule has 2 N–H and O–H groups in total. The van der Waals surface area contributed by atoms with Gasteiger partial charge in [0.2, 0.25) is 5.91 Å². The Hall–Kier alpha value is -1.58. The summed E-state index contributed by atoms with van der Waals surface area (Å²) in [5.41, 5.74) is 5.88. The lowest BCUT2D eigenvalue weighted by molar-refractivity contribution is -0.116. The Morgan fingerprint density at radius 3 is 2.43 bits per heavy atom. The van der Waals surface area contributed by atoms with E-state index in [4.69, 9.17) is 5.73 Å². The number of rotatable bonds is 4. The maximum absolute atomic E-state index is 12.6. The van der Waals surface area contributed by atoms with Gasteiger partial charge in [-0.2, -0.15) is 0 Å². The van der Waals surface area contributed by atoms with E-state index in [-0.39, 0.29) is 12.4 Å². The molecular formula is C10H13FN2O. The third-order valence-corrected chi connectivity index (χ3v) is 1.92. The van der Waals surface area contributed by atoms with E-state index in [1.807, 2.05) is 6.92 Å². The van der Waals surface area contributed by atoms with E-state index in [2.05, 4.69) is 0 Å². The van der Waals surface area contributed by atoms with Crippen molar-refractivity contribution >= 4 is 11.6 Å². The largest absolute Gasteiger partial charge is 0.368 e. The Labute approximate surface area is 82.3 Å². The number of hydrogen-bond acceptors (Lipinski definition) is 2. The van der Waals surface area contributed by atoms with Crippen LogP contribution < -0.4 is 10.6 Å². The number of carbonyl (C=O) groups is 1. The van der Waals surface area contributed by atoms with Gasteiger partial charge >= 0.3 is 0 Å². The summed E-state index contributed by atoms with van der Waals surface area (Å²) in [6.45, 7) is 2.73. The van der Waals surface area contributed by atoms with Crippen LogP contribution in [0, 0.1) is 5.82 Å². The molecule has 0 atom stereocenters. The number of primary amides is 1. The molecule has 3 nitrogen and oxygen atoms in total. The molecule has 1 rings (SSSR count). The zero-order valence-electron chi connectivity index (χ0n) is 8.03. The molecule has 0 aliphatic carbocycles. The molecule has 0 heterocycles. The van der Waals surface area contributed by atoms with Gasteiger partial charge in [0.05, 0.1) is 6.54 Å². The smallest absolute Gasteiger partial charge is 0.236 e. The van der Waals surface area contributed by atoms with Gasteiger partial charge in [0, 0.05) is 12.2 Å². The first kappa shape index (κ1) is 10.5. The number of amides is 1. The fourth-order valence-corrected chi connectivity index (χ4v) is 1.23. The van der Waals surface area contributed by atoms with Crippen LogP contribution in [0.1, 0.15) is 6.92 Å². The van der Waals surface area contributed by atoms with Crippen LogP contribution in [0.3, 0.4) is 0 Å². The Kier molecular flexibility index (Phi) is 3.45. The maximum Gasteiger partial charge on any atom is 0.236 e. The van der Waals surface area contributed by atoms with E-state index in [1.165, 1.54) is 12.1 Å². The van der Waals surface area contributed by atoms with E-state index in [9.17, 15) is 9.18 Å². The standard InChI is InChI=1S/C10H13FN2O/c1-2-13(7-10(12)14)9-5-3-8(11)4-6-9/h3-6H,2,7H2,1H3,(H2,12,14). The first-order chi connectivity index (χ1) is 6.63. The van der Waals surface area contributed by atoms with Crippen LogP contribution in [-0.2, 0) is 4.79 Å². The van der Waals surface area contributed by atoms with Crippen molar-refractivity contribution < 1.29 is 9.18 Å². The van der Waals surface area contributed by atoms with Gasteiger partial charge in [-0.3, -0.25) is 4.79 Å². The zero-order chi connectivity index (χ0) is 10.6. The molecule has 0 aliphatic heterocycles. The second kappa shape index (κ2) is 4.60. The number of hydrogen-bond donors (Lipinski definition) is 1. The minimum atomic E-state index is -0.392. The van der Waals surface area contributed by atoms with Crippen molar-refractivity contribution in [3.63, 3.8) is 0 Å². The van der Waals surface area contributed by atoms with Crippen molar-refractivity contribution in [1.82, 2.24) is 0 Å². The quantitative estimate of drug-likeness (QED) is 0.784. The van der Waals surface area contributed by atoms with Gasteiger partial charge in [-0.1, -0.05) is 0 Å². The van der Waals surface area contributed by atoms with Crippen LogP contribution in [0.4, 0.5) is 10.1 Å². The van der Waals surface area contributed by atoms with Crippen molar-refractivity contribution in [3.05, 3.63) is 30.1 Å². The molecule has 14 heavy (non-hydrogen) atoms. The molecule has 0 aliphatic rings. The molecule has 0 spiro atoms. The lowest BCUT2D eigenvalue weighted by atomic mass is 10.3. The number of benzene rings is 1. The van der Waals surface area contributed by atoms with Crippen molar-refractivity contribution in [3.8, 4) is 0 Å². The van der Waals surface area contributed by atoms with Gasteiger partial charge in [0.15, 0.2) is 0 Å². The highest BCUT2D eigenvalue weighted by atomic mass is 19.1. The van der Waals surface area contributed by atoms with Crippen molar-refractivity contribution in [2.75, 3.05) is 18.0 Å². The average Bonchev–Trinajstić information content (AvgIpc) is 2.15. The second-order valence-electron chi connectivity index (χ2n) is 2.96. The Morgan fingerprint density at radius 2 is 2.00 bits per heavy atom. The van der Waals surface area contributed by atoms with Crippen molar-refractivity contribution in [2.24, 2.45) is 5.73 Å². The zero-order valence-corrected chi connectivity index (χ0v) is 8.03. The SMILES string of the molecule is CCN(CC(N)=O)c1ccc(F)cc1. The minimum Gasteiger partial charge on any atom is -0.368 e. The first-order valence-corrected chi connectivity index (χ1v) is 4.42. The van der Waals surface area contributed by atoms with E-state index >= 15 is 0 Å². The molecule has 76 valence electrons. The fourth-order valence-electron chi connectivity index (χ4n) is 1.23. The highest BCUT2D eigenvalue weighted by Crippen LogP contribution is 2.13. The summed E-state index contributed by atoms with van der Waals surface area (Å²) in [5.74, 6) is -0.681. The molecular weight excluding hydrogens is 183 g/mol. The predicted octanol–water partition coefficient (Wildman–Crippen LogP) is 1.14. The third-order valence-electron chi connectivity index (χ3n) is 1.92. The van der Waals surface area contributed by atoms with Crippen molar-refractivity contribution in [1.29, 1.82) is 0 Å². The van der Waals surface area contributed by atoms with Crippen LogP contribution in [0.25, 0.3) is 0 Å². The maximum atomic E-state index is 12.6. The normalized spacial score (nSPS) is 9.86. The van der Waals surface area contributed by atoms with Crippen LogP contribution in [0.15, 0.2) is 24.3 Å². The van der Waals surface area contributed by atoms with Crippen LogP contribution in [0.2, 0.25) is 0 Å². The highest BCUT2D eigenvalue weighted by Gasteiger charge is 2.06. The summed E-state index contributed by atoms with van der Waals surface area (Å²) >= 11 is 0. The van der Waals surface area contributed by atoms with Crippen LogP contribution in [0.5, 0.6) is 0 Å². The minimum absolute atomic E-state index is 0.155. The highest BCUT2D eigenvalue weighted by molar-refractivity contribution is 5.79. The molecule has 1 aromatic carbocycles. The summed E-state index contributed by atoms with van der Waals surface area (Å²) in [5, 5.41) is 0. The topological polar surface area (TPSA) is 46.3 Å². The molecule has 1 amide bonds. The summed E-state index contributed by atoms with van der Waals surface area (Å²) < 4.78 is 12.6. The molecule has 4 heteroatoms. The Balaban J connectivity index is 2.78. The average molecular weight is 196 g/mol. The monoisotopic (exact) mass is 196 g/mol. The number of nitrogens with zero attached hydrogens (tertiary/aromatic N) is 1. The number of carbonyl (C=O) groups excluding carboxylic acids is 1. The fraction of sp³-hybridized carbons (Fsp3) is 0.300. The predicted molar refractivity (Wildman–Crippen MR) is 53.5 cm³/mol. The second-order valence-corrected chi connectivity index (χ2v) is 2.96. The van der Waals surface area contributed by atoms with Gasteiger partial charge in [-0.25, -0.2) is 4.39 Å². The van der Waals surface area contributed by atoms with Crippen molar-refractivity contribution in [2.45, 2.75) is 6.92 Å². The van der Waals surface area contributed by atoms with Gasteiger partial charge in [-0.15, -0.1) is 0 Å². The lowest BCUT2D eigenvalue weighted by Crippen LogP contribution is -2.33. The van der Waals surface area contributed by atoms with Gasteiger partial charge in [-0.05, 0) is 31.2 Å². The molecule has 0 saturated heterocycles. The third kappa shape index (κ3) is 2.73. The molecule has 0 bridgehead atoms. The number of nitrogens with two attached hydrogens (primary N) is 1. The molecule has 1 aromatic rings. The number of halogens is 1. The molecule has 0 fully saturated rings. The summed E-state index contributed by atoms with van der Waals surface area (Å²) in [6.07, 6.45) is 0. The molecule has 0 radical (unpaired) electrons. The first-order valence-electron chi connectivity index (χ1n) is 4.42. The van der Waals surface area contributed by atoms with E-state index < -0.39 is 5.91 Å². The number of anilines is 1. The van der Waals surface area contributed by atoms with Gasteiger partial charge in [0.25, 0.3) is 0 Å². The summed E-state index contributed by atoms with van der Waals surface area (Å²) in [7, 11) is 0. The van der Waals surface area contributed by atoms with Crippen LogP contribution in [-0.4, -0.2) is 19.0 Å². The summed E-state index contributed by atoms with van der Waals surface area (Å²) in [6, 6.07) is 5.97. The Morgan fingerprint density at radius 1 is 1.43 bits per heavy atom. The van der Waals surface area contributed by atoms with Crippen LogP contribution >= 0.6 is 0 Å². The molecule has 0 saturated carbocycles. The Bertz CT molecular complexity index is 310. The summed E-state index contributed by atoms with van der Waals surface area (Å²) in [4.78, 5) is 12.5. The molecule has 0 aromatic heterocycles. The number of likely N-dealkylation sites (N-methyl/N-ethyl adjacent to an activating group) is 1. The van der Waals surface area contributed by atoms with E-state index in [0.717, 1.165) is 5.69 Å². The lowest BCUT2D eigenvalue weighted by Gasteiger charge is -2.20. The van der Waals surface area contributed by atoms with E-state index in [1.54, 1.807) is 17.0 Å². The van der Waals surface area contributed by atoms with Gasteiger partial charge < -0.3 is 10.6 Å². The van der Waals surface area contributed by atoms with Gasteiger partial charge in [0.1, 0.15) is 5.82 Å².